The van der Waals surface area contributed by atoms with Crippen molar-refractivity contribution in [1.29, 1.82) is 0 Å². The molecule has 0 heterocycles. The van der Waals surface area contributed by atoms with Crippen LogP contribution in [0.2, 0.25) is 38.3 Å². The van der Waals surface area contributed by atoms with Crippen LogP contribution in [0, 0.1) is 0 Å². The lowest BCUT2D eigenvalue weighted by Crippen LogP contribution is -2.44. The zero-order valence-corrected chi connectivity index (χ0v) is 16.5. The molecule has 0 aromatic rings. The van der Waals surface area contributed by atoms with Gasteiger partial charge in [0.15, 0.2) is 16.6 Å². The summed E-state index contributed by atoms with van der Waals surface area (Å²) in [5.74, 6) is 0. The topological polar surface area (TPSA) is 9.23 Å². The summed E-state index contributed by atoms with van der Waals surface area (Å²) in [5.41, 5.74) is 0. The summed E-state index contributed by atoms with van der Waals surface area (Å²) >= 11 is 0. The van der Waals surface area contributed by atoms with E-state index in [9.17, 15) is 0 Å². The molecule has 0 radical (unpaired) electrons. The fourth-order valence-corrected chi connectivity index (χ4v) is 11.8. The molecule has 0 bridgehead atoms. The first-order valence-corrected chi connectivity index (χ1v) is 14.8. The van der Waals surface area contributed by atoms with Gasteiger partial charge in [-0.3, -0.25) is 0 Å². The van der Waals surface area contributed by atoms with Crippen LogP contribution in [0.4, 0.5) is 0 Å². The van der Waals surface area contributed by atoms with Crippen LogP contribution in [-0.4, -0.2) is 16.6 Å². The average molecular weight is 303 g/mol. The molecule has 116 valence electrons. The van der Waals surface area contributed by atoms with E-state index in [-0.39, 0.29) is 0 Å². The number of hydrogen-bond acceptors (Lipinski definition) is 1. The van der Waals surface area contributed by atoms with E-state index in [2.05, 4.69) is 40.0 Å². The maximum absolute atomic E-state index is 6.66. The van der Waals surface area contributed by atoms with Gasteiger partial charge < -0.3 is 4.12 Å². The van der Waals surface area contributed by atoms with Gasteiger partial charge >= 0.3 is 0 Å². The fourth-order valence-electron chi connectivity index (χ4n) is 2.81. The molecule has 0 aromatic carbocycles. The number of hydrogen-bond donors (Lipinski definition) is 0. The lowest BCUT2D eigenvalue weighted by molar-refractivity contribution is 0.523. The van der Waals surface area contributed by atoms with E-state index in [0.717, 1.165) is 0 Å². The molecular weight excluding hydrogens is 264 g/mol. The molecule has 3 heteroatoms. The van der Waals surface area contributed by atoms with Crippen molar-refractivity contribution in [1.82, 2.24) is 0 Å². The molecule has 19 heavy (non-hydrogen) atoms. The van der Waals surface area contributed by atoms with Crippen molar-refractivity contribution in [2.75, 3.05) is 0 Å². The van der Waals surface area contributed by atoms with Crippen molar-refractivity contribution in [3.05, 3.63) is 0 Å². The normalized spacial score (nSPS) is 12.9. The summed E-state index contributed by atoms with van der Waals surface area (Å²) in [7, 11) is -2.79. The van der Waals surface area contributed by atoms with E-state index in [4.69, 9.17) is 4.12 Å². The maximum Gasteiger partial charge on any atom is 0.173 e. The molecule has 0 fully saturated rings. The van der Waals surface area contributed by atoms with Crippen LogP contribution in [0.5, 0.6) is 0 Å². The smallest absolute Gasteiger partial charge is 0.173 e. The number of rotatable bonds is 12. The van der Waals surface area contributed by atoms with Crippen LogP contribution in [0.1, 0.15) is 65.2 Å². The van der Waals surface area contributed by atoms with Crippen molar-refractivity contribution in [2.45, 2.75) is 103 Å². The SMILES string of the molecule is CCCCCC[Si](C)(C)O[Si](C)(C)CCCCCC. The van der Waals surface area contributed by atoms with E-state index in [1.807, 2.05) is 0 Å². The Morgan fingerprint density at radius 3 is 1.26 bits per heavy atom. The van der Waals surface area contributed by atoms with Crippen LogP contribution < -0.4 is 0 Å². The minimum atomic E-state index is -1.40. The summed E-state index contributed by atoms with van der Waals surface area (Å²) in [6.07, 6.45) is 11.0. The fraction of sp³-hybridized carbons (Fsp3) is 1.00. The summed E-state index contributed by atoms with van der Waals surface area (Å²) in [6, 6.07) is 2.72. The van der Waals surface area contributed by atoms with E-state index >= 15 is 0 Å². The molecule has 0 spiro atoms. The molecular formula is C16H38OSi2. The van der Waals surface area contributed by atoms with Gasteiger partial charge in [-0.05, 0) is 38.3 Å². The lowest BCUT2D eigenvalue weighted by Gasteiger charge is -2.34. The first-order chi connectivity index (χ1) is 8.83. The first kappa shape index (κ1) is 19.4. The Balaban J connectivity index is 3.93. The average Bonchev–Trinajstić information content (AvgIpc) is 2.29. The highest BCUT2D eigenvalue weighted by atomic mass is 28.4. The van der Waals surface area contributed by atoms with Gasteiger partial charge in [0, 0.05) is 0 Å². The Morgan fingerprint density at radius 2 is 0.947 bits per heavy atom. The van der Waals surface area contributed by atoms with Gasteiger partial charge in [-0.25, -0.2) is 0 Å². The van der Waals surface area contributed by atoms with E-state index in [1.54, 1.807) is 0 Å². The zero-order chi connectivity index (χ0) is 14.8. The first-order valence-electron chi connectivity index (χ1n) is 8.53. The van der Waals surface area contributed by atoms with Crippen molar-refractivity contribution in [3.8, 4) is 0 Å². The van der Waals surface area contributed by atoms with E-state index in [1.165, 1.54) is 63.5 Å². The summed E-state index contributed by atoms with van der Waals surface area (Å²) in [6.45, 7) is 14.3. The Hall–Kier alpha value is 0.394. The molecule has 0 aliphatic heterocycles. The molecule has 0 saturated carbocycles. The van der Waals surface area contributed by atoms with Gasteiger partial charge in [-0.2, -0.15) is 0 Å². The molecule has 0 aliphatic rings. The minimum Gasteiger partial charge on any atom is -0.455 e. The quantitative estimate of drug-likeness (QED) is 0.292. The highest BCUT2D eigenvalue weighted by Gasteiger charge is 2.31. The Bertz CT molecular complexity index is 193. The molecule has 0 aromatic heterocycles. The number of unbranched alkanes of at least 4 members (excludes halogenated alkanes) is 6. The molecule has 0 amide bonds. The second kappa shape index (κ2) is 10.2. The molecule has 0 atom stereocenters. The van der Waals surface area contributed by atoms with Crippen LogP contribution in [0.3, 0.4) is 0 Å². The largest absolute Gasteiger partial charge is 0.455 e. The van der Waals surface area contributed by atoms with Crippen LogP contribution in [0.25, 0.3) is 0 Å². The predicted octanol–water partition coefficient (Wildman–Crippen LogP) is 6.57. The Morgan fingerprint density at radius 1 is 0.579 bits per heavy atom. The maximum atomic E-state index is 6.66. The van der Waals surface area contributed by atoms with Gasteiger partial charge in [0.1, 0.15) is 0 Å². The highest BCUT2D eigenvalue weighted by Crippen LogP contribution is 2.25. The van der Waals surface area contributed by atoms with Crippen molar-refractivity contribution >= 4 is 16.6 Å². The Labute approximate surface area is 124 Å². The summed E-state index contributed by atoms with van der Waals surface area (Å²) in [5, 5.41) is 0. The zero-order valence-electron chi connectivity index (χ0n) is 14.5. The van der Waals surface area contributed by atoms with Crippen LogP contribution in [0.15, 0.2) is 0 Å². The second-order valence-corrected chi connectivity index (χ2v) is 16.1. The molecule has 0 N–H and O–H groups in total. The van der Waals surface area contributed by atoms with Crippen LogP contribution in [-0.2, 0) is 4.12 Å². The molecule has 0 unspecified atom stereocenters. The van der Waals surface area contributed by atoms with Crippen molar-refractivity contribution in [3.63, 3.8) is 0 Å². The van der Waals surface area contributed by atoms with Crippen molar-refractivity contribution < 1.29 is 4.12 Å². The minimum absolute atomic E-state index is 1.33. The summed E-state index contributed by atoms with van der Waals surface area (Å²) in [4.78, 5) is 0. The van der Waals surface area contributed by atoms with Gasteiger partial charge in [0.2, 0.25) is 0 Å². The van der Waals surface area contributed by atoms with Gasteiger partial charge in [0.05, 0.1) is 0 Å². The third-order valence-corrected chi connectivity index (χ3v) is 11.4. The van der Waals surface area contributed by atoms with E-state index in [0.29, 0.717) is 0 Å². The predicted molar refractivity (Wildman–Crippen MR) is 93.9 cm³/mol. The third-order valence-electron chi connectivity index (χ3n) is 3.82. The molecule has 1 nitrogen and oxygen atoms in total. The molecule has 0 aliphatic carbocycles. The lowest BCUT2D eigenvalue weighted by atomic mass is 10.2. The molecule has 0 rings (SSSR count). The third kappa shape index (κ3) is 11.9. The van der Waals surface area contributed by atoms with Gasteiger partial charge in [0.25, 0.3) is 0 Å². The molecule has 0 saturated heterocycles. The summed E-state index contributed by atoms with van der Waals surface area (Å²) < 4.78 is 6.66. The van der Waals surface area contributed by atoms with Gasteiger partial charge in [-0.15, -0.1) is 0 Å². The second-order valence-electron chi connectivity index (χ2n) is 7.24. The van der Waals surface area contributed by atoms with Crippen LogP contribution >= 0.6 is 0 Å². The van der Waals surface area contributed by atoms with Crippen molar-refractivity contribution in [2.24, 2.45) is 0 Å². The monoisotopic (exact) mass is 302 g/mol. The van der Waals surface area contributed by atoms with Gasteiger partial charge in [-0.1, -0.05) is 65.2 Å². The standard InChI is InChI=1S/C16H38OSi2/c1-7-9-11-13-15-18(3,4)17-19(5,6)16-14-12-10-8-2/h7-16H2,1-6H3. The van der Waals surface area contributed by atoms with E-state index < -0.39 is 16.6 Å². The highest BCUT2D eigenvalue weighted by molar-refractivity contribution is 6.84. The Kier molecular flexibility index (Phi) is 10.4.